The minimum Gasteiger partial charge on any atom is -0.357 e. The molecule has 2 aromatic rings. The summed E-state index contributed by atoms with van der Waals surface area (Å²) in [6.45, 7) is 5.43. The summed E-state index contributed by atoms with van der Waals surface area (Å²) < 4.78 is 2.06. The van der Waals surface area contributed by atoms with Crippen LogP contribution in [0.4, 0.5) is 0 Å². The second-order valence-corrected chi connectivity index (χ2v) is 5.59. The molecule has 0 unspecified atom stereocenters. The van der Waals surface area contributed by atoms with Gasteiger partial charge in [-0.05, 0) is 31.4 Å². The highest BCUT2D eigenvalue weighted by Crippen LogP contribution is 2.14. The Morgan fingerprint density at radius 3 is 2.91 bits per heavy atom. The van der Waals surface area contributed by atoms with Gasteiger partial charge < -0.3 is 15.2 Å². The fraction of sp³-hybridized carbons (Fsp3) is 0.412. The first-order valence-corrected chi connectivity index (χ1v) is 8.38. The predicted octanol–water partition coefficient (Wildman–Crippen LogP) is 2.72. The molecule has 0 saturated heterocycles. The average molecular weight is 334 g/mol. The van der Waals surface area contributed by atoms with Crippen molar-refractivity contribution < 1.29 is 0 Å². The highest BCUT2D eigenvalue weighted by molar-refractivity contribution is 6.31. The van der Waals surface area contributed by atoms with Gasteiger partial charge in [-0.3, -0.25) is 4.99 Å². The van der Waals surface area contributed by atoms with E-state index >= 15 is 0 Å². The van der Waals surface area contributed by atoms with E-state index in [2.05, 4.69) is 38.2 Å². The molecule has 0 fully saturated rings. The molecule has 1 heterocycles. The van der Waals surface area contributed by atoms with Crippen LogP contribution in [-0.4, -0.2) is 35.1 Å². The Hall–Kier alpha value is -2.01. The van der Waals surface area contributed by atoms with Crippen LogP contribution in [0.3, 0.4) is 0 Å². The first kappa shape index (κ1) is 17.3. The first-order chi connectivity index (χ1) is 11.3. The van der Waals surface area contributed by atoms with Crippen molar-refractivity contribution in [3.63, 3.8) is 0 Å². The van der Waals surface area contributed by atoms with Crippen molar-refractivity contribution >= 4 is 17.6 Å². The molecule has 0 aliphatic rings. The molecule has 2 N–H and O–H groups in total. The highest BCUT2D eigenvalue weighted by Gasteiger charge is 2.00. The molecule has 0 amide bonds. The van der Waals surface area contributed by atoms with Gasteiger partial charge in [0, 0.05) is 43.6 Å². The number of rotatable bonds is 8. The molecule has 0 bridgehead atoms. The number of aromatic nitrogens is 2. The summed E-state index contributed by atoms with van der Waals surface area (Å²) in [4.78, 5) is 8.63. The van der Waals surface area contributed by atoms with Gasteiger partial charge >= 0.3 is 0 Å². The number of halogens is 1. The Balaban J connectivity index is 1.74. The molecule has 1 aromatic carbocycles. The van der Waals surface area contributed by atoms with Crippen LogP contribution in [0.1, 0.15) is 18.9 Å². The Kier molecular flexibility index (Phi) is 7.46. The summed E-state index contributed by atoms with van der Waals surface area (Å²) in [7, 11) is 0. The fourth-order valence-corrected chi connectivity index (χ4v) is 2.45. The Labute approximate surface area is 142 Å². The Morgan fingerprint density at radius 2 is 2.17 bits per heavy atom. The van der Waals surface area contributed by atoms with E-state index in [0.717, 1.165) is 55.6 Å². The van der Waals surface area contributed by atoms with Crippen LogP contribution in [-0.2, 0) is 13.0 Å². The molecule has 5 nitrogen and oxygen atoms in total. The van der Waals surface area contributed by atoms with E-state index in [-0.39, 0.29) is 0 Å². The number of aryl methyl sites for hydroxylation is 1. The van der Waals surface area contributed by atoms with E-state index in [0.29, 0.717) is 0 Å². The predicted molar refractivity (Wildman–Crippen MR) is 96.0 cm³/mol. The summed E-state index contributed by atoms with van der Waals surface area (Å²) in [5, 5.41) is 7.43. The van der Waals surface area contributed by atoms with E-state index in [9.17, 15) is 0 Å². The van der Waals surface area contributed by atoms with Gasteiger partial charge in [0.1, 0.15) is 0 Å². The van der Waals surface area contributed by atoms with Crippen molar-refractivity contribution in [2.75, 3.05) is 19.6 Å². The quantitative estimate of drug-likeness (QED) is 0.443. The molecule has 1 aromatic heterocycles. The van der Waals surface area contributed by atoms with Crippen LogP contribution in [0.25, 0.3) is 0 Å². The summed E-state index contributed by atoms with van der Waals surface area (Å²) in [5.74, 6) is 0.852. The van der Waals surface area contributed by atoms with Crippen molar-refractivity contribution in [2.45, 2.75) is 26.3 Å². The van der Waals surface area contributed by atoms with Crippen LogP contribution >= 0.6 is 11.6 Å². The number of imidazole rings is 1. The first-order valence-electron chi connectivity index (χ1n) is 8.01. The standard InChI is InChI=1S/C17H24ClN5/c1-2-20-17(21-9-5-12-23-13-11-19-14-23)22-10-8-15-6-3-4-7-16(15)18/h3-4,6-7,11,13-14H,2,5,8-10,12H2,1H3,(H2,20,21,22). The zero-order valence-electron chi connectivity index (χ0n) is 13.5. The topological polar surface area (TPSA) is 54.2 Å². The minimum atomic E-state index is 0.777. The molecular formula is C17H24ClN5. The zero-order chi connectivity index (χ0) is 16.3. The molecular weight excluding hydrogens is 310 g/mol. The van der Waals surface area contributed by atoms with Crippen LogP contribution in [0.2, 0.25) is 5.02 Å². The number of nitrogens with zero attached hydrogens (tertiary/aromatic N) is 3. The third-order valence-corrected chi connectivity index (χ3v) is 3.76. The van der Waals surface area contributed by atoms with E-state index in [4.69, 9.17) is 11.6 Å². The summed E-state index contributed by atoms with van der Waals surface area (Å²) in [6, 6.07) is 7.94. The number of nitrogens with one attached hydrogen (secondary N) is 2. The van der Waals surface area contributed by atoms with Crippen LogP contribution in [0.15, 0.2) is 48.0 Å². The maximum absolute atomic E-state index is 6.17. The molecule has 6 heteroatoms. The maximum Gasteiger partial charge on any atom is 0.191 e. The Bertz CT molecular complexity index is 595. The van der Waals surface area contributed by atoms with Crippen molar-refractivity contribution in [2.24, 2.45) is 4.99 Å². The van der Waals surface area contributed by atoms with Crippen molar-refractivity contribution in [3.8, 4) is 0 Å². The number of benzene rings is 1. The number of aliphatic imine (C=N–C) groups is 1. The lowest BCUT2D eigenvalue weighted by Crippen LogP contribution is -2.38. The molecule has 0 saturated carbocycles. The monoisotopic (exact) mass is 333 g/mol. The molecule has 0 spiro atoms. The van der Waals surface area contributed by atoms with Crippen LogP contribution < -0.4 is 10.6 Å². The van der Waals surface area contributed by atoms with E-state index < -0.39 is 0 Å². The number of guanidine groups is 1. The summed E-state index contributed by atoms with van der Waals surface area (Å²) in [6.07, 6.45) is 7.45. The average Bonchev–Trinajstić information content (AvgIpc) is 3.06. The smallest absolute Gasteiger partial charge is 0.191 e. The zero-order valence-corrected chi connectivity index (χ0v) is 14.3. The molecule has 2 rings (SSSR count). The molecule has 23 heavy (non-hydrogen) atoms. The van der Waals surface area contributed by atoms with Gasteiger partial charge in [-0.25, -0.2) is 4.98 Å². The molecule has 124 valence electrons. The SMILES string of the molecule is CCNC(=NCCCn1ccnc1)NCCc1ccccc1Cl. The third-order valence-electron chi connectivity index (χ3n) is 3.39. The second kappa shape index (κ2) is 9.90. The lowest BCUT2D eigenvalue weighted by Gasteiger charge is -2.12. The molecule has 0 atom stereocenters. The van der Waals surface area contributed by atoms with Crippen molar-refractivity contribution in [1.82, 2.24) is 20.2 Å². The minimum absolute atomic E-state index is 0.777. The van der Waals surface area contributed by atoms with Gasteiger partial charge in [0.2, 0.25) is 0 Å². The van der Waals surface area contributed by atoms with Gasteiger partial charge in [-0.2, -0.15) is 0 Å². The van der Waals surface area contributed by atoms with Crippen LogP contribution in [0, 0.1) is 0 Å². The van der Waals surface area contributed by atoms with E-state index in [1.165, 1.54) is 0 Å². The lowest BCUT2D eigenvalue weighted by molar-refractivity contribution is 0.647. The van der Waals surface area contributed by atoms with Crippen molar-refractivity contribution in [1.29, 1.82) is 0 Å². The molecule has 0 aliphatic carbocycles. The van der Waals surface area contributed by atoms with Gasteiger partial charge in [0.15, 0.2) is 5.96 Å². The lowest BCUT2D eigenvalue weighted by atomic mass is 10.1. The van der Waals surface area contributed by atoms with E-state index in [1.807, 2.05) is 30.7 Å². The van der Waals surface area contributed by atoms with Gasteiger partial charge in [0.25, 0.3) is 0 Å². The second-order valence-electron chi connectivity index (χ2n) is 5.18. The van der Waals surface area contributed by atoms with Crippen LogP contribution in [0.5, 0.6) is 0 Å². The summed E-state index contributed by atoms with van der Waals surface area (Å²) >= 11 is 6.17. The largest absolute Gasteiger partial charge is 0.357 e. The van der Waals surface area contributed by atoms with Gasteiger partial charge in [-0.1, -0.05) is 29.8 Å². The normalized spacial score (nSPS) is 11.5. The van der Waals surface area contributed by atoms with Gasteiger partial charge in [0.05, 0.1) is 6.33 Å². The highest BCUT2D eigenvalue weighted by atomic mass is 35.5. The van der Waals surface area contributed by atoms with Crippen molar-refractivity contribution in [3.05, 3.63) is 53.6 Å². The molecule has 0 radical (unpaired) electrons. The third kappa shape index (κ3) is 6.32. The maximum atomic E-state index is 6.17. The fourth-order valence-electron chi connectivity index (χ4n) is 2.22. The Morgan fingerprint density at radius 1 is 1.30 bits per heavy atom. The number of hydrogen-bond acceptors (Lipinski definition) is 2. The van der Waals surface area contributed by atoms with Gasteiger partial charge in [-0.15, -0.1) is 0 Å². The van der Waals surface area contributed by atoms with E-state index in [1.54, 1.807) is 6.20 Å². The number of hydrogen-bond donors (Lipinski definition) is 2. The summed E-state index contributed by atoms with van der Waals surface area (Å²) in [5.41, 5.74) is 1.15. The molecule has 0 aliphatic heterocycles.